The Kier molecular flexibility index (Phi) is 3.65. The van der Waals surface area contributed by atoms with Crippen LogP contribution in [0.3, 0.4) is 0 Å². The standard InChI is InChI=1S/C19H17N3O3/c20-17-16(18(23)21-19(17)24)14-11-22(15-8-2-1-7-13(14)15)9-3-5-12-6-4-10-25-12/h1-2,4,6-8,10-11H,3,5,9H2,(H3,20,21,23,24). The summed E-state index contributed by atoms with van der Waals surface area (Å²) in [5.41, 5.74) is 7.76. The molecule has 1 aromatic carbocycles. The summed E-state index contributed by atoms with van der Waals surface area (Å²) in [5, 5.41) is 3.16. The van der Waals surface area contributed by atoms with Crippen LogP contribution in [0.1, 0.15) is 17.7 Å². The van der Waals surface area contributed by atoms with E-state index in [1.807, 2.05) is 42.6 Å². The van der Waals surface area contributed by atoms with Crippen molar-refractivity contribution in [3.63, 3.8) is 0 Å². The lowest BCUT2D eigenvalue weighted by molar-refractivity contribution is -0.123. The monoisotopic (exact) mass is 335 g/mol. The summed E-state index contributed by atoms with van der Waals surface area (Å²) in [6.07, 6.45) is 5.29. The number of hydrogen-bond acceptors (Lipinski definition) is 4. The lowest BCUT2D eigenvalue weighted by atomic mass is 10.0. The number of carbonyl (C=O) groups excluding carboxylic acids is 2. The molecule has 6 heteroatoms. The number of aromatic nitrogens is 1. The van der Waals surface area contributed by atoms with Crippen molar-refractivity contribution in [1.29, 1.82) is 0 Å². The first-order valence-corrected chi connectivity index (χ1v) is 8.11. The van der Waals surface area contributed by atoms with Crippen molar-refractivity contribution in [1.82, 2.24) is 9.88 Å². The van der Waals surface area contributed by atoms with Crippen LogP contribution in [-0.2, 0) is 22.6 Å². The van der Waals surface area contributed by atoms with Crippen LogP contribution in [0.15, 0.2) is 59.0 Å². The number of nitrogens with one attached hydrogen (secondary N) is 1. The highest BCUT2D eigenvalue weighted by Gasteiger charge is 2.31. The van der Waals surface area contributed by atoms with Gasteiger partial charge in [0.05, 0.1) is 11.8 Å². The van der Waals surface area contributed by atoms with E-state index in [1.165, 1.54) is 0 Å². The number of carbonyl (C=O) groups is 2. The number of imide groups is 1. The largest absolute Gasteiger partial charge is 0.469 e. The number of fused-ring (bicyclic) bond motifs is 1. The summed E-state index contributed by atoms with van der Waals surface area (Å²) in [5.74, 6) is -0.0277. The molecule has 0 aliphatic carbocycles. The molecule has 1 aliphatic rings. The molecule has 1 aliphatic heterocycles. The first-order valence-electron chi connectivity index (χ1n) is 8.11. The molecule has 0 atom stereocenters. The van der Waals surface area contributed by atoms with Gasteiger partial charge in [-0.15, -0.1) is 0 Å². The van der Waals surface area contributed by atoms with Crippen LogP contribution in [0.4, 0.5) is 0 Å². The van der Waals surface area contributed by atoms with Gasteiger partial charge < -0.3 is 14.7 Å². The summed E-state index contributed by atoms with van der Waals surface area (Å²) in [7, 11) is 0. The number of hydrogen-bond donors (Lipinski definition) is 2. The number of rotatable bonds is 5. The molecule has 0 unspecified atom stereocenters. The van der Waals surface area contributed by atoms with E-state index in [1.54, 1.807) is 6.26 Å². The predicted molar refractivity (Wildman–Crippen MR) is 93.2 cm³/mol. The van der Waals surface area contributed by atoms with Crippen LogP contribution in [0, 0.1) is 0 Å². The number of nitrogens with two attached hydrogens (primary N) is 1. The molecule has 25 heavy (non-hydrogen) atoms. The van der Waals surface area contributed by atoms with Crippen molar-refractivity contribution in [3.05, 3.63) is 65.9 Å². The Hall–Kier alpha value is -3.28. The van der Waals surface area contributed by atoms with Gasteiger partial charge in [0, 0.05) is 35.6 Å². The second-order valence-corrected chi connectivity index (χ2v) is 6.01. The van der Waals surface area contributed by atoms with Crippen molar-refractivity contribution >= 4 is 28.3 Å². The zero-order valence-electron chi connectivity index (χ0n) is 13.5. The minimum Gasteiger partial charge on any atom is -0.469 e. The third-order valence-corrected chi connectivity index (χ3v) is 4.43. The van der Waals surface area contributed by atoms with Crippen LogP contribution in [0.5, 0.6) is 0 Å². The van der Waals surface area contributed by atoms with Gasteiger partial charge in [-0.25, -0.2) is 0 Å². The van der Waals surface area contributed by atoms with E-state index in [2.05, 4.69) is 9.88 Å². The second kappa shape index (κ2) is 5.98. The maximum absolute atomic E-state index is 12.1. The Morgan fingerprint density at radius 2 is 1.92 bits per heavy atom. The van der Waals surface area contributed by atoms with Crippen LogP contribution in [0.2, 0.25) is 0 Å². The lowest BCUT2D eigenvalue weighted by Gasteiger charge is -2.04. The number of aryl methyl sites for hydroxylation is 2. The topological polar surface area (TPSA) is 90.3 Å². The molecule has 2 amide bonds. The van der Waals surface area contributed by atoms with E-state index in [0.717, 1.165) is 36.0 Å². The van der Waals surface area contributed by atoms with Gasteiger partial charge >= 0.3 is 0 Å². The summed E-state index contributed by atoms with van der Waals surface area (Å²) < 4.78 is 7.45. The van der Waals surface area contributed by atoms with Gasteiger partial charge in [-0.2, -0.15) is 0 Å². The maximum atomic E-state index is 12.1. The van der Waals surface area contributed by atoms with Crippen molar-refractivity contribution in [2.24, 2.45) is 5.73 Å². The molecule has 2 aromatic heterocycles. The van der Waals surface area contributed by atoms with Crippen LogP contribution in [0.25, 0.3) is 16.5 Å². The van der Waals surface area contributed by atoms with E-state index in [4.69, 9.17) is 10.2 Å². The molecule has 126 valence electrons. The fourth-order valence-electron chi connectivity index (χ4n) is 3.25. The number of benzene rings is 1. The van der Waals surface area contributed by atoms with Gasteiger partial charge in [0.25, 0.3) is 11.8 Å². The molecule has 0 radical (unpaired) electrons. The van der Waals surface area contributed by atoms with Gasteiger partial charge in [-0.3, -0.25) is 14.9 Å². The second-order valence-electron chi connectivity index (χ2n) is 6.01. The van der Waals surface area contributed by atoms with Crippen molar-refractivity contribution in [2.75, 3.05) is 0 Å². The highest BCUT2D eigenvalue weighted by atomic mass is 16.3. The summed E-state index contributed by atoms with van der Waals surface area (Å²) in [4.78, 5) is 23.8. The molecule has 0 saturated heterocycles. The molecule has 4 rings (SSSR count). The van der Waals surface area contributed by atoms with Gasteiger partial charge in [0.15, 0.2) is 0 Å². The molecule has 3 heterocycles. The van der Waals surface area contributed by atoms with Crippen molar-refractivity contribution in [3.8, 4) is 0 Å². The van der Waals surface area contributed by atoms with E-state index < -0.39 is 11.8 Å². The molecule has 0 spiro atoms. The molecular weight excluding hydrogens is 318 g/mol. The average molecular weight is 335 g/mol. The number of para-hydroxylation sites is 1. The van der Waals surface area contributed by atoms with E-state index >= 15 is 0 Å². The number of amides is 2. The Bertz CT molecular complexity index is 996. The smallest absolute Gasteiger partial charge is 0.274 e. The van der Waals surface area contributed by atoms with Crippen LogP contribution in [-0.4, -0.2) is 16.4 Å². The first-order chi connectivity index (χ1) is 12.1. The summed E-state index contributed by atoms with van der Waals surface area (Å²) >= 11 is 0. The third kappa shape index (κ3) is 2.61. The van der Waals surface area contributed by atoms with E-state index in [9.17, 15) is 9.59 Å². The fourth-order valence-corrected chi connectivity index (χ4v) is 3.25. The van der Waals surface area contributed by atoms with Gasteiger partial charge in [-0.1, -0.05) is 18.2 Å². The number of furan rings is 1. The Morgan fingerprint density at radius 1 is 1.08 bits per heavy atom. The quantitative estimate of drug-likeness (QED) is 0.699. The normalized spacial score (nSPS) is 14.6. The average Bonchev–Trinajstić information content (AvgIpc) is 3.29. The molecule has 3 N–H and O–H groups in total. The van der Waals surface area contributed by atoms with Gasteiger partial charge in [0.1, 0.15) is 11.5 Å². The fraction of sp³-hybridized carbons (Fsp3) is 0.158. The van der Waals surface area contributed by atoms with Crippen LogP contribution < -0.4 is 11.1 Å². The SMILES string of the molecule is NC1=C(c2cn(CCCc3ccco3)c3ccccc23)C(=O)NC1=O. The highest BCUT2D eigenvalue weighted by Crippen LogP contribution is 2.30. The van der Waals surface area contributed by atoms with E-state index in [0.29, 0.717) is 5.56 Å². The molecule has 3 aromatic rings. The zero-order valence-corrected chi connectivity index (χ0v) is 13.5. The maximum Gasteiger partial charge on any atom is 0.274 e. The zero-order chi connectivity index (χ0) is 17.4. The summed E-state index contributed by atoms with van der Waals surface area (Å²) in [6.45, 7) is 0.768. The Morgan fingerprint density at radius 3 is 2.64 bits per heavy atom. The lowest BCUT2D eigenvalue weighted by Crippen LogP contribution is -2.24. The minimum atomic E-state index is -0.533. The molecule has 0 fully saturated rings. The van der Waals surface area contributed by atoms with E-state index in [-0.39, 0.29) is 11.3 Å². The minimum absolute atomic E-state index is 0.0245. The molecule has 6 nitrogen and oxygen atoms in total. The Balaban J connectivity index is 1.69. The summed E-state index contributed by atoms with van der Waals surface area (Å²) in [6, 6.07) is 11.6. The predicted octanol–water partition coefficient (Wildman–Crippen LogP) is 2.19. The Labute approximate surface area is 143 Å². The first kappa shape index (κ1) is 15.3. The van der Waals surface area contributed by atoms with Gasteiger partial charge in [-0.05, 0) is 24.6 Å². The van der Waals surface area contributed by atoms with Crippen molar-refractivity contribution in [2.45, 2.75) is 19.4 Å². The highest BCUT2D eigenvalue weighted by molar-refractivity contribution is 6.37. The van der Waals surface area contributed by atoms with Gasteiger partial charge in [0.2, 0.25) is 0 Å². The van der Waals surface area contributed by atoms with Crippen molar-refractivity contribution < 1.29 is 14.0 Å². The molecule has 0 saturated carbocycles. The molecule has 0 bridgehead atoms. The molecular formula is C19H17N3O3. The van der Waals surface area contributed by atoms with Crippen LogP contribution >= 0.6 is 0 Å². The third-order valence-electron chi connectivity index (χ3n) is 4.43. The number of nitrogens with zero attached hydrogens (tertiary/aromatic N) is 1.